The molecule has 0 radical (unpaired) electrons. The maximum absolute atomic E-state index is 13.3. The summed E-state index contributed by atoms with van der Waals surface area (Å²) in [5.41, 5.74) is 0.241. The molecule has 2 rings (SSSR count). The Hall–Kier alpha value is -1.07. The van der Waals surface area contributed by atoms with E-state index in [1.165, 1.54) is 24.6 Å². The third-order valence-electron chi connectivity index (χ3n) is 2.95. The third kappa shape index (κ3) is 2.54. The van der Waals surface area contributed by atoms with E-state index in [1.807, 2.05) is 0 Å². The van der Waals surface area contributed by atoms with Crippen molar-refractivity contribution in [2.75, 3.05) is 6.61 Å². The van der Waals surface area contributed by atoms with Gasteiger partial charge in [0, 0.05) is 0 Å². The second-order valence-corrected chi connectivity index (χ2v) is 4.17. The highest BCUT2D eigenvalue weighted by atomic mass is 19.1. The lowest BCUT2D eigenvalue weighted by molar-refractivity contribution is 0.175. The minimum absolute atomic E-state index is 0.0949. The van der Waals surface area contributed by atoms with Crippen LogP contribution in [0.5, 0.6) is 5.75 Å². The summed E-state index contributed by atoms with van der Waals surface area (Å²) in [5.74, 6) is 0.142. The first-order valence-electron chi connectivity index (χ1n) is 5.45. The molecule has 86 valence electrons. The Morgan fingerprint density at radius 2 is 2.12 bits per heavy atom. The SMILES string of the molecule is OB(O)c1ccc(F)c(OCC2CCC2)c1. The van der Waals surface area contributed by atoms with Crippen LogP contribution in [-0.4, -0.2) is 23.8 Å². The maximum Gasteiger partial charge on any atom is 0.488 e. The molecule has 1 aliphatic rings. The fourth-order valence-electron chi connectivity index (χ4n) is 1.66. The van der Waals surface area contributed by atoms with Gasteiger partial charge in [0.05, 0.1) is 6.61 Å². The van der Waals surface area contributed by atoms with E-state index < -0.39 is 12.9 Å². The normalized spacial score (nSPS) is 15.7. The Bertz CT molecular complexity index is 366. The molecule has 0 atom stereocenters. The number of halogens is 1. The van der Waals surface area contributed by atoms with Gasteiger partial charge in [-0.05, 0) is 36.4 Å². The van der Waals surface area contributed by atoms with Gasteiger partial charge in [-0.2, -0.15) is 0 Å². The molecule has 0 bridgehead atoms. The summed E-state index contributed by atoms with van der Waals surface area (Å²) in [6, 6.07) is 3.85. The number of ether oxygens (including phenoxy) is 1. The predicted octanol–water partition coefficient (Wildman–Crippen LogP) is 0.684. The molecule has 1 aliphatic carbocycles. The van der Waals surface area contributed by atoms with E-state index >= 15 is 0 Å². The zero-order valence-electron chi connectivity index (χ0n) is 8.90. The van der Waals surface area contributed by atoms with Crippen molar-refractivity contribution < 1.29 is 19.2 Å². The number of hydrogen-bond acceptors (Lipinski definition) is 3. The zero-order valence-corrected chi connectivity index (χ0v) is 8.90. The molecule has 2 N–H and O–H groups in total. The minimum atomic E-state index is -1.59. The topological polar surface area (TPSA) is 49.7 Å². The molecule has 5 heteroatoms. The predicted molar refractivity (Wildman–Crippen MR) is 59.1 cm³/mol. The summed E-state index contributed by atoms with van der Waals surface area (Å²) in [4.78, 5) is 0. The van der Waals surface area contributed by atoms with Gasteiger partial charge in [0.1, 0.15) is 0 Å². The summed E-state index contributed by atoms with van der Waals surface area (Å²) in [6.45, 7) is 0.502. The lowest BCUT2D eigenvalue weighted by atomic mass is 9.80. The Labute approximate surface area is 94.0 Å². The molecular weight excluding hydrogens is 210 g/mol. The van der Waals surface area contributed by atoms with Gasteiger partial charge in [0.2, 0.25) is 0 Å². The molecule has 0 unspecified atom stereocenters. The Kier molecular flexibility index (Phi) is 3.46. The zero-order chi connectivity index (χ0) is 11.5. The molecule has 1 fully saturated rings. The lowest BCUT2D eigenvalue weighted by Gasteiger charge is -2.25. The molecule has 1 aromatic carbocycles. The van der Waals surface area contributed by atoms with Gasteiger partial charge in [0.25, 0.3) is 0 Å². The molecule has 1 aromatic rings. The van der Waals surface area contributed by atoms with Crippen LogP contribution in [0, 0.1) is 11.7 Å². The molecule has 3 nitrogen and oxygen atoms in total. The maximum atomic E-state index is 13.3. The van der Waals surface area contributed by atoms with Crippen molar-refractivity contribution in [1.82, 2.24) is 0 Å². The second-order valence-electron chi connectivity index (χ2n) is 4.17. The average Bonchev–Trinajstić information content (AvgIpc) is 2.18. The average molecular weight is 224 g/mol. The molecule has 0 saturated heterocycles. The Morgan fingerprint density at radius 1 is 1.38 bits per heavy atom. The molecule has 0 amide bonds. The molecule has 0 spiro atoms. The number of benzene rings is 1. The van der Waals surface area contributed by atoms with Crippen LogP contribution in [0.25, 0.3) is 0 Å². The van der Waals surface area contributed by atoms with E-state index in [-0.39, 0.29) is 11.2 Å². The highest BCUT2D eigenvalue weighted by Crippen LogP contribution is 2.27. The van der Waals surface area contributed by atoms with Gasteiger partial charge >= 0.3 is 7.12 Å². The van der Waals surface area contributed by atoms with Gasteiger partial charge < -0.3 is 14.8 Å². The van der Waals surface area contributed by atoms with E-state index in [1.54, 1.807) is 0 Å². The van der Waals surface area contributed by atoms with Gasteiger partial charge in [-0.3, -0.25) is 0 Å². The van der Waals surface area contributed by atoms with Gasteiger partial charge in [-0.1, -0.05) is 12.5 Å². The van der Waals surface area contributed by atoms with Gasteiger partial charge in [-0.15, -0.1) is 0 Å². The van der Waals surface area contributed by atoms with Crippen molar-refractivity contribution in [3.05, 3.63) is 24.0 Å². The number of rotatable bonds is 4. The monoisotopic (exact) mass is 224 g/mol. The molecular formula is C11H14BFO3. The van der Waals surface area contributed by atoms with E-state index in [2.05, 4.69) is 0 Å². The van der Waals surface area contributed by atoms with Crippen molar-refractivity contribution in [3.63, 3.8) is 0 Å². The minimum Gasteiger partial charge on any atom is -0.490 e. The third-order valence-corrected chi connectivity index (χ3v) is 2.95. The van der Waals surface area contributed by atoms with Crippen LogP contribution in [-0.2, 0) is 0 Å². The first-order valence-corrected chi connectivity index (χ1v) is 5.45. The lowest BCUT2D eigenvalue weighted by Crippen LogP contribution is -2.30. The quantitative estimate of drug-likeness (QED) is 0.739. The van der Waals surface area contributed by atoms with Crippen molar-refractivity contribution in [2.45, 2.75) is 19.3 Å². The van der Waals surface area contributed by atoms with Crippen molar-refractivity contribution in [1.29, 1.82) is 0 Å². The number of hydrogen-bond donors (Lipinski definition) is 2. The van der Waals surface area contributed by atoms with Crippen molar-refractivity contribution >= 4 is 12.6 Å². The first kappa shape index (κ1) is 11.4. The van der Waals surface area contributed by atoms with E-state index in [9.17, 15) is 4.39 Å². The summed E-state index contributed by atoms with van der Waals surface area (Å²) < 4.78 is 18.7. The molecule has 0 aliphatic heterocycles. The van der Waals surface area contributed by atoms with Crippen LogP contribution in [0.15, 0.2) is 18.2 Å². The Balaban J connectivity index is 2.02. The van der Waals surface area contributed by atoms with Crippen LogP contribution in [0.4, 0.5) is 4.39 Å². The van der Waals surface area contributed by atoms with Crippen LogP contribution in [0.3, 0.4) is 0 Å². The standard InChI is InChI=1S/C11H14BFO3/c13-10-5-4-9(12(14)15)6-11(10)16-7-8-2-1-3-8/h4-6,8,14-15H,1-3,7H2. The summed E-state index contributed by atoms with van der Waals surface area (Å²) in [7, 11) is -1.59. The van der Waals surface area contributed by atoms with Crippen molar-refractivity contribution in [3.8, 4) is 5.75 Å². The van der Waals surface area contributed by atoms with E-state index in [0.717, 1.165) is 12.8 Å². The smallest absolute Gasteiger partial charge is 0.488 e. The van der Waals surface area contributed by atoms with Crippen molar-refractivity contribution in [2.24, 2.45) is 5.92 Å². The van der Waals surface area contributed by atoms with Crippen LogP contribution in [0.2, 0.25) is 0 Å². The molecule has 0 heterocycles. The molecule has 0 aromatic heterocycles. The summed E-state index contributed by atoms with van der Waals surface area (Å²) >= 11 is 0. The van der Waals surface area contributed by atoms with Gasteiger partial charge in [-0.25, -0.2) is 4.39 Å². The van der Waals surface area contributed by atoms with Crippen LogP contribution < -0.4 is 10.2 Å². The second kappa shape index (κ2) is 4.85. The largest absolute Gasteiger partial charge is 0.490 e. The van der Waals surface area contributed by atoms with E-state index in [0.29, 0.717) is 12.5 Å². The molecule has 1 saturated carbocycles. The summed E-state index contributed by atoms with van der Waals surface area (Å²) in [5, 5.41) is 17.9. The van der Waals surface area contributed by atoms with Crippen LogP contribution >= 0.6 is 0 Å². The highest BCUT2D eigenvalue weighted by Gasteiger charge is 2.19. The molecule has 16 heavy (non-hydrogen) atoms. The van der Waals surface area contributed by atoms with E-state index in [4.69, 9.17) is 14.8 Å². The van der Waals surface area contributed by atoms with Gasteiger partial charge in [0.15, 0.2) is 11.6 Å². The Morgan fingerprint density at radius 3 is 2.69 bits per heavy atom. The fraction of sp³-hybridized carbons (Fsp3) is 0.455. The highest BCUT2D eigenvalue weighted by molar-refractivity contribution is 6.58. The van der Waals surface area contributed by atoms with Crippen LogP contribution in [0.1, 0.15) is 19.3 Å². The summed E-state index contributed by atoms with van der Waals surface area (Å²) in [6.07, 6.45) is 3.47. The first-order chi connectivity index (χ1) is 7.66. The fourth-order valence-corrected chi connectivity index (χ4v) is 1.66.